The zero-order valence-electron chi connectivity index (χ0n) is 12.8. The molecule has 2 aromatic carbocycles. The Morgan fingerprint density at radius 1 is 0.905 bits per heavy atom. The van der Waals surface area contributed by atoms with E-state index in [4.69, 9.17) is 4.42 Å². The van der Waals surface area contributed by atoms with Crippen molar-refractivity contribution in [2.45, 2.75) is 27.7 Å². The molecule has 0 unspecified atom stereocenters. The smallest absolute Gasteiger partial charge is 0.200 e. The molecule has 0 radical (unpaired) electrons. The van der Waals surface area contributed by atoms with Gasteiger partial charge in [-0.2, -0.15) is 0 Å². The molecule has 0 bridgehead atoms. The van der Waals surface area contributed by atoms with E-state index in [2.05, 4.69) is 0 Å². The number of aryl methyl sites for hydroxylation is 3. The molecule has 21 heavy (non-hydrogen) atoms. The summed E-state index contributed by atoms with van der Waals surface area (Å²) in [5.74, 6) is 0. The highest BCUT2D eigenvalue weighted by Crippen LogP contribution is 2.25. The van der Waals surface area contributed by atoms with Crippen molar-refractivity contribution in [3.05, 3.63) is 69.1 Å². The lowest BCUT2D eigenvalue weighted by atomic mass is 9.97. The molecule has 0 aliphatic rings. The number of hydrogen-bond acceptors (Lipinski definition) is 2. The molecule has 0 spiro atoms. The molecular weight excluding hydrogens is 260 g/mol. The average molecular weight is 278 g/mol. The quantitative estimate of drug-likeness (QED) is 0.646. The van der Waals surface area contributed by atoms with Crippen LogP contribution in [0.3, 0.4) is 0 Å². The molecule has 0 fully saturated rings. The first-order valence-corrected chi connectivity index (χ1v) is 7.08. The predicted molar refractivity (Wildman–Crippen MR) is 86.9 cm³/mol. The van der Waals surface area contributed by atoms with E-state index in [0.717, 1.165) is 22.3 Å². The first kappa shape index (κ1) is 13.6. The van der Waals surface area contributed by atoms with Crippen molar-refractivity contribution in [3.63, 3.8) is 0 Å². The minimum absolute atomic E-state index is 0.0423. The van der Waals surface area contributed by atoms with Crippen molar-refractivity contribution in [2.24, 2.45) is 0 Å². The lowest BCUT2D eigenvalue weighted by Crippen LogP contribution is -2.07. The summed E-state index contributed by atoms with van der Waals surface area (Å²) < 4.78 is 5.72. The van der Waals surface area contributed by atoms with E-state index in [0.29, 0.717) is 16.5 Å². The van der Waals surface area contributed by atoms with Gasteiger partial charge in [-0.05, 0) is 56.0 Å². The fraction of sp³-hybridized carbons (Fsp3) is 0.211. The number of benzene rings is 2. The number of rotatable bonds is 1. The maximum atomic E-state index is 12.8. The van der Waals surface area contributed by atoms with E-state index >= 15 is 0 Å². The summed E-state index contributed by atoms with van der Waals surface area (Å²) in [6.45, 7) is 8.10. The van der Waals surface area contributed by atoms with Crippen LogP contribution in [0.4, 0.5) is 0 Å². The van der Waals surface area contributed by atoms with Crippen LogP contribution in [0.5, 0.6) is 0 Å². The minimum atomic E-state index is 0.0423. The molecule has 0 amide bonds. The van der Waals surface area contributed by atoms with E-state index in [9.17, 15) is 4.79 Å². The predicted octanol–water partition coefficient (Wildman–Crippen LogP) is 4.69. The highest BCUT2D eigenvalue weighted by atomic mass is 16.3. The third-order valence-corrected chi connectivity index (χ3v) is 4.26. The van der Waals surface area contributed by atoms with Gasteiger partial charge < -0.3 is 4.42 Å². The summed E-state index contributed by atoms with van der Waals surface area (Å²) in [4.78, 5) is 12.8. The van der Waals surface area contributed by atoms with Crippen LogP contribution in [0, 0.1) is 27.7 Å². The Hall–Kier alpha value is -2.35. The van der Waals surface area contributed by atoms with Crippen molar-refractivity contribution in [1.82, 2.24) is 0 Å². The van der Waals surface area contributed by atoms with Gasteiger partial charge in [0.2, 0.25) is 5.43 Å². The fourth-order valence-electron chi connectivity index (χ4n) is 2.66. The summed E-state index contributed by atoms with van der Waals surface area (Å²) >= 11 is 0. The van der Waals surface area contributed by atoms with Gasteiger partial charge in [0.05, 0.1) is 10.9 Å². The van der Waals surface area contributed by atoms with Crippen molar-refractivity contribution >= 4 is 11.0 Å². The van der Waals surface area contributed by atoms with Gasteiger partial charge in [0.25, 0.3) is 0 Å². The van der Waals surface area contributed by atoms with Gasteiger partial charge >= 0.3 is 0 Å². The zero-order chi connectivity index (χ0) is 15.1. The molecule has 0 atom stereocenters. The van der Waals surface area contributed by atoms with Gasteiger partial charge in [-0.3, -0.25) is 4.79 Å². The second-order valence-electron chi connectivity index (χ2n) is 5.66. The van der Waals surface area contributed by atoms with E-state index in [1.54, 1.807) is 6.26 Å². The molecular formula is C19H18O2. The Morgan fingerprint density at radius 2 is 1.57 bits per heavy atom. The van der Waals surface area contributed by atoms with E-state index in [-0.39, 0.29) is 5.43 Å². The van der Waals surface area contributed by atoms with E-state index in [1.807, 2.05) is 58.0 Å². The van der Waals surface area contributed by atoms with Gasteiger partial charge in [-0.15, -0.1) is 0 Å². The molecule has 106 valence electrons. The van der Waals surface area contributed by atoms with Crippen molar-refractivity contribution in [1.29, 1.82) is 0 Å². The molecule has 0 N–H and O–H groups in total. The monoisotopic (exact) mass is 278 g/mol. The van der Waals surface area contributed by atoms with Crippen LogP contribution in [0.2, 0.25) is 0 Å². The van der Waals surface area contributed by atoms with Crippen LogP contribution >= 0.6 is 0 Å². The van der Waals surface area contributed by atoms with Crippen molar-refractivity contribution in [3.8, 4) is 11.1 Å². The second kappa shape index (κ2) is 4.88. The first-order chi connectivity index (χ1) is 9.99. The van der Waals surface area contributed by atoms with E-state index < -0.39 is 0 Å². The molecule has 0 saturated heterocycles. The van der Waals surface area contributed by atoms with Crippen molar-refractivity contribution < 1.29 is 4.42 Å². The summed E-state index contributed by atoms with van der Waals surface area (Å²) in [7, 11) is 0. The van der Waals surface area contributed by atoms with Crippen LogP contribution in [0.1, 0.15) is 22.3 Å². The normalized spacial score (nSPS) is 11.0. The molecule has 3 aromatic rings. The Labute approximate surface area is 124 Å². The molecule has 2 nitrogen and oxygen atoms in total. The Kier molecular flexibility index (Phi) is 3.17. The van der Waals surface area contributed by atoms with Crippen LogP contribution < -0.4 is 5.43 Å². The van der Waals surface area contributed by atoms with E-state index in [1.165, 1.54) is 5.56 Å². The summed E-state index contributed by atoms with van der Waals surface area (Å²) in [6, 6.07) is 9.88. The SMILES string of the molecule is Cc1ccc(-c2coc3cc(C)c(C)c(C)c3c2=O)cc1. The average Bonchev–Trinajstić information content (AvgIpc) is 2.46. The third-order valence-electron chi connectivity index (χ3n) is 4.26. The van der Waals surface area contributed by atoms with Gasteiger partial charge in [-0.25, -0.2) is 0 Å². The number of fused-ring (bicyclic) bond motifs is 1. The Bertz CT molecular complexity index is 884. The van der Waals surface area contributed by atoms with Crippen LogP contribution in [0.15, 0.2) is 45.8 Å². The van der Waals surface area contributed by atoms with Crippen LogP contribution in [0.25, 0.3) is 22.1 Å². The largest absolute Gasteiger partial charge is 0.463 e. The van der Waals surface area contributed by atoms with Gasteiger partial charge in [0, 0.05) is 0 Å². The maximum absolute atomic E-state index is 12.8. The van der Waals surface area contributed by atoms with Crippen LogP contribution in [-0.4, -0.2) is 0 Å². The molecule has 1 aromatic heterocycles. The highest BCUT2D eigenvalue weighted by molar-refractivity contribution is 5.86. The lowest BCUT2D eigenvalue weighted by Gasteiger charge is -2.09. The van der Waals surface area contributed by atoms with Crippen molar-refractivity contribution in [2.75, 3.05) is 0 Å². The van der Waals surface area contributed by atoms with Crippen LogP contribution in [-0.2, 0) is 0 Å². The molecule has 2 heteroatoms. The summed E-state index contributed by atoms with van der Waals surface area (Å²) in [5.41, 5.74) is 6.70. The first-order valence-electron chi connectivity index (χ1n) is 7.08. The van der Waals surface area contributed by atoms with Gasteiger partial charge in [-0.1, -0.05) is 29.8 Å². The fourth-order valence-corrected chi connectivity index (χ4v) is 2.66. The third kappa shape index (κ3) is 2.17. The molecule has 0 aliphatic heterocycles. The minimum Gasteiger partial charge on any atom is -0.463 e. The standard InChI is InChI=1S/C19H18O2/c1-11-5-7-15(8-6-11)16-10-21-17-9-12(2)13(3)14(4)18(17)19(16)20/h5-10H,1-4H3. The maximum Gasteiger partial charge on any atom is 0.200 e. The lowest BCUT2D eigenvalue weighted by molar-refractivity contribution is 0.604. The second-order valence-corrected chi connectivity index (χ2v) is 5.66. The van der Waals surface area contributed by atoms with Gasteiger partial charge in [0.1, 0.15) is 11.8 Å². The molecule has 0 aliphatic carbocycles. The summed E-state index contributed by atoms with van der Waals surface area (Å²) in [5, 5.41) is 0.691. The zero-order valence-corrected chi connectivity index (χ0v) is 12.8. The molecule has 0 saturated carbocycles. The highest BCUT2D eigenvalue weighted by Gasteiger charge is 2.13. The van der Waals surface area contributed by atoms with Gasteiger partial charge in [0.15, 0.2) is 0 Å². The molecule has 3 rings (SSSR count). The molecule has 1 heterocycles. The Morgan fingerprint density at radius 3 is 2.24 bits per heavy atom. The summed E-state index contributed by atoms with van der Waals surface area (Å²) in [6.07, 6.45) is 1.57. The Balaban J connectivity index is 2.35. The number of hydrogen-bond donors (Lipinski definition) is 0. The topological polar surface area (TPSA) is 30.2 Å².